The lowest BCUT2D eigenvalue weighted by Crippen LogP contribution is -1.96. The minimum Gasteiger partial charge on any atom is -0.504 e. The smallest absolute Gasteiger partial charge is 0.158 e. The molecule has 162 valence electrons. The third kappa shape index (κ3) is 3.94. The predicted octanol–water partition coefficient (Wildman–Crippen LogP) is 8.59. The van der Waals surface area contributed by atoms with Gasteiger partial charge in [0.1, 0.15) is 17.5 Å². The number of rotatable bonds is 3. The highest BCUT2D eigenvalue weighted by atomic mass is 79.9. The Morgan fingerprint density at radius 1 is 0.625 bits per heavy atom. The van der Waals surface area contributed by atoms with Crippen molar-refractivity contribution in [2.24, 2.45) is 0 Å². The maximum atomic E-state index is 14.6. The molecule has 0 unspecified atom stereocenters. The summed E-state index contributed by atoms with van der Waals surface area (Å²) in [5.74, 6) is -2.91. The Bertz CT molecular complexity index is 1360. The first kappa shape index (κ1) is 22.5. The van der Waals surface area contributed by atoms with Crippen LogP contribution >= 0.6 is 39.1 Å². The van der Waals surface area contributed by atoms with Crippen LogP contribution in [0.3, 0.4) is 0 Å². The molecular formula is C24H12BrCl2F3O2. The third-order valence-electron chi connectivity index (χ3n) is 4.93. The maximum absolute atomic E-state index is 14.6. The third-order valence-corrected chi connectivity index (χ3v) is 6.41. The Kier molecular flexibility index (Phi) is 6.12. The highest BCUT2D eigenvalue weighted by Crippen LogP contribution is 2.48. The van der Waals surface area contributed by atoms with Gasteiger partial charge in [0, 0.05) is 11.1 Å². The van der Waals surface area contributed by atoms with Gasteiger partial charge in [-0.1, -0.05) is 41.4 Å². The summed E-state index contributed by atoms with van der Waals surface area (Å²) in [6.45, 7) is 0. The van der Waals surface area contributed by atoms with Gasteiger partial charge in [0.05, 0.1) is 20.1 Å². The van der Waals surface area contributed by atoms with E-state index in [-0.39, 0.29) is 31.4 Å². The van der Waals surface area contributed by atoms with Crippen LogP contribution in [0.1, 0.15) is 0 Å². The molecule has 0 radical (unpaired) electrons. The molecule has 0 spiro atoms. The molecule has 4 aromatic rings. The van der Waals surface area contributed by atoms with E-state index >= 15 is 0 Å². The van der Waals surface area contributed by atoms with Crippen molar-refractivity contribution >= 4 is 39.1 Å². The van der Waals surface area contributed by atoms with Crippen molar-refractivity contribution in [1.82, 2.24) is 0 Å². The number of hydrogen-bond donors (Lipinski definition) is 2. The van der Waals surface area contributed by atoms with Gasteiger partial charge >= 0.3 is 0 Å². The summed E-state index contributed by atoms with van der Waals surface area (Å²) in [6, 6.07) is 13.1. The normalized spacial score (nSPS) is 11.1. The Morgan fingerprint density at radius 3 is 1.91 bits per heavy atom. The summed E-state index contributed by atoms with van der Waals surface area (Å²) < 4.78 is 43.1. The summed E-state index contributed by atoms with van der Waals surface area (Å²) in [6.07, 6.45) is 0. The van der Waals surface area contributed by atoms with E-state index in [9.17, 15) is 23.4 Å². The molecule has 0 bridgehead atoms. The highest BCUT2D eigenvalue weighted by Gasteiger charge is 2.23. The van der Waals surface area contributed by atoms with E-state index in [2.05, 4.69) is 15.9 Å². The molecule has 0 aliphatic rings. The minimum atomic E-state index is -0.834. The largest absolute Gasteiger partial charge is 0.504 e. The Balaban J connectivity index is 2.11. The molecule has 0 saturated carbocycles. The fourth-order valence-electron chi connectivity index (χ4n) is 3.42. The Hall–Kier alpha value is -2.67. The van der Waals surface area contributed by atoms with E-state index in [0.29, 0.717) is 22.3 Å². The molecule has 8 heteroatoms. The van der Waals surface area contributed by atoms with Gasteiger partial charge in [0.25, 0.3) is 0 Å². The summed E-state index contributed by atoms with van der Waals surface area (Å²) in [5, 5.41) is 19.6. The quantitative estimate of drug-likeness (QED) is 0.256. The lowest BCUT2D eigenvalue weighted by Gasteiger charge is -2.18. The predicted molar refractivity (Wildman–Crippen MR) is 124 cm³/mol. The van der Waals surface area contributed by atoms with Crippen LogP contribution in [-0.4, -0.2) is 10.2 Å². The van der Waals surface area contributed by atoms with Gasteiger partial charge < -0.3 is 10.2 Å². The number of hydrogen-bond acceptors (Lipinski definition) is 2. The highest BCUT2D eigenvalue weighted by molar-refractivity contribution is 9.10. The Labute approximate surface area is 199 Å². The summed E-state index contributed by atoms with van der Waals surface area (Å²) in [5.41, 5.74) is 1.18. The monoisotopic (exact) mass is 538 g/mol. The molecular weight excluding hydrogens is 528 g/mol. The summed E-state index contributed by atoms with van der Waals surface area (Å²) >= 11 is 16.2. The summed E-state index contributed by atoms with van der Waals surface area (Å²) in [4.78, 5) is 0. The van der Waals surface area contributed by atoms with Crippen LogP contribution in [0.5, 0.6) is 11.5 Å². The molecule has 0 fully saturated rings. The van der Waals surface area contributed by atoms with E-state index in [0.717, 1.165) is 12.1 Å². The van der Waals surface area contributed by atoms with E-state index in [4.69, 9.17) is 23.2 Å². The van der Waals surface area contributed by atoms with Gasteiger partial charge in [0.15, 0.2) is 11.5 Å². The van der Waals surface area contributed by atoms with Gasteiger partial charge in [-0.05, 0) is 75.1 Å². The van der Waals surface area contributed by atoms with Crippen molar-refractivity contribution in [3.8, 4) is 44.9 Å². The summed E-state index contributed by atoms with van der Waals surface area (Å²) in [7, 11) is 0. The average Bonchev–Trinajstić information content (AvgIpc) is 2.75. The molecule has 32 heavy (non-hydrogen) atoms. The average molecular weight is 540 g/mol. The van der Waals surface area contributed by atoms with Crippen LogP contribution in [0.4, 0.5) is 13.2 Å². The SMILES string of the molecule is Oc1ccc(-c2cc(-c3c(F)cccc3F)c(Cl)c(Cl)c2-c2ccc(F)c(Br)c2)cc1O. The standard InChI is InChI=1S/C24H12BrCl2F3O2/c25-15-8-12(4-6-16(15)28)21-13(11-5-7-19(31)20(32)9-11)10-14(23(26)24(21)27)22-17(29)2-1-3-18(22)30/h1-10,31-32H. The second kappa shape index (κ2) is 8.70. The van der Waals surface area contributed by atoms with Crippen molar-refractivity contribution in [3.05, 3.63) is 92.6 Å². The first-order chi connectivity index (χ1) is 15.2. The maximum Gasteiger partial charge on any atom is 0.158 e. The molecule has 0 aliphatic heterocycles. The van der Waals surface area contributed by atoms with Gasteiger partial charge in [-0.25, -0.2) is 13.2 Å². The fourth-order valence-corrected chi connectivity index (χ4v) is 4.35. The van der Waals surface area contributed by atoms with Crippen LogP contribution < -0.4 is 0 Å². The van der Waals surface area contributed by atoms with Crippen LogP contribution in [0, 0.1) is 17.5 Å². The van der Waals surface area contributed by atoms with E-state index < -0.39 is 23.2 Å². The number of phenolic OH excluding ortho intramolecular Hbond substituents is 2. The number of benzene rings is 4. The molecule has 0 heterocycles. The van der Waals surface area contributed by atoms with Crippen molar-refractivity contribution in [2.75, 3.05) is 0 Å². The molecule has 0 aromatic heterocycles. The van der Waals surface area contributed by atoms with Crippen LogP contribution in [0.25, 0.3) is 33.4 Å². The molecule has 4 aromatic carbocycles. The van der Waals surface area contributed by atoms with E-state index in [1.54, 1.807) is 0 Å². The van der Waals surface area contributed by atoms with Gasteiger partial charge in [-0.3, -0.25) is 0 Å². The molecule has 4 rings (SSSR count). The van der Waals surface area contributed by atoms with Crippen molar-refractivity contribution in [3.63, 3.8) is 0 Å². The molecule has 2 N–H and O–H groups in total. The van der Waals surface area contributed by atoms with Crippen LogP contribution in [-0.2, 0) is 0 Å². The molecule has 0 saturated heterocycles. The van der Waals surface area contributed by atoms with Crippen molar-refractivity contribution in [2.45, 2.75) is 0 Å². The topological polar surface area (TPSA) is 40.5 Å². The van der Waals surface area contributed by atoms with E-state index in [1.807, 2.05) is 0 Å². The molecule has 0 atom stereocenters. The van der Waals surface area contributed by atoms with Crippen molar-refractivity contribution < 1.29 is 23.4 Å². The number of aromatic hydroxyl groups is 2. The first-order valence-electron chi connectivity index (χ1n) is 9.13. The fraction of sp³-hybridized carbons (Fsp3) is 0. The zero-order valence-electron chi connectivity index (χ0n) is 15.9. The number of phenols is 2. The zero-order chi connectivity index (χ0) is 23.2. The first-order valence-corrected chi connectivity index (χ1v) is 10.7. The van der Waals surface area contributed by atoms with Crippen molar-refractivity contribution in [1.29, 1.82) is 0 Å². The lowest BCUT2D eigenvalue weighted by atomic mass is 9.90. The van der Waals surface area contributed by atoms with Crippen LogP contribution in [0.2, 0.25) is 10.0 Å². The second-order valence-corrected chi connectivity index (χ2v) is 8.51. The second-order valence-electron chi connectivity index (χ2n) is 6.90. The number of halogens is 6. The van der Waals surface area contributed by atoms with Gasteiger partial charge in [0.2, 0.25) is 0 Å². The Morgan fingerprint density at radius 2 is 1.28 bits per heavy atom. The molecule has 0 aliphatic carbocycles. The zero-order valence-corrected chi connectivity index (χ0v) is 19.0. The van der Waals surface area contributed by atoms with Gasteiger partial charge in [-0.15, -0.1) is 0 Å². The van der Waals surface area contributed by atoms with E-state index in [1.165, 1.54) is 48.5 Å². The minimum absolute atomic E-state index is 0.000223. The van der Waals surface area contributed by atoms with Crippen LogP contribution in [0.15, 0.2) is 65.1 Å². The lowest BCUT2D eigenvalue weighted by molar-refractivity contribution is 0.404. The van der Waals surface area contributed by atoms with Gasteiger partial charge in [-0.2, -0.15) is 0 Å². The molecule has 0 amide bonds. The molecule has 2 nitrogen and oxygen atoms in total.